The average molecular weight is 375 g/mol. The monoisotopic (exact) mass is 375 g/mol. The lowest BCUT2D eigenvalue weighted by Crippen LogP contribution is -2.39. The Balaban J connectivity index is 2.15. The van der Waals surface area contributed by atoms with Gasteiger partial charge in [-0.15, -0.1) is 0 Å². The Morgan fingerprint density at radius 1 is 1.00 bits per heavy atom. The number of amides is 2. The third kappa shape index (κ3) is 5.06. The first-order chi connectivity index (χ1) is 12.4. The van der Waals surface area contributed by atoms with Gasteiger partial charge in [-0.3, -0.25) is 14.3 Å². The Kier molecular flexibility index (Phi) is 6.35. The van der Waals surface area contributed by atoms with E-state index in [1.807, 2.05) is 6.07 Å². The van der Waals surface area contributed by atoms with E-state index in [-0.39, 0.29) is 11.7 Å². The first-order valence-corrected chi connectivity index (χ1v) is 9.69. The number of sulfonamides is 1. The van der Waals surface area contributed by atoms with Crippen molar-refractivity contribution < 1.29 is 18.0 Å². The van der Waals surface area contributed by atoms with Gasteiger partial charge >= 0.3 is 0 Å². The SMILES string of the molecule is CCS(=O)(=O)Nc1ccc(C(=O)N[C@@H](C(=O)NC)c2ccccc2)cc1. The van der Waals surface area contributed by atoms with Crippen LogP contribution in [0.2, 0.25) is 0 Å². The van der Waals surface area contributed by atoms with Crippen LogP contribution >= 0.6 is 0 Å². The lowest BCUT2D eigenvalue weighted by Gasteiger charge is -2.18. The van der Waals surface area contributed by atoms with E-state index in [2.05, 4.69) is 15.4 Å². The molecule has 1 atom stereocenters. The molecule has 0 heterocycles. The van der Waals surface area contributed by atoms with Crippen LogP contribution in [-0.4, -0.2) is 33.0 Å². The molecule has 0 aromatic heterocycles. The van der Waals surface area contributed by atoms with E-state index in [9.17, 15) is 18.0 Å². The molecular formula is C18H21N3O4S. The topological polar surface area (TPSA) is 104 Å². The third-order valence-electron chi connectivity index (χ3n) is 3.72. The van der Waals surface area contributed by atoms with E-state index in [1.165, 1.54) is 38.2 Å². The van der Waals surface area contributed by atoms with Crippen LogP contribution in [0.25, 0.3) is 0 Å². The molecule has 2 aromatic carbocycles. The summed E-state index contributed by atoms with van der Waals surface area (Å²) in [6.45, 7) is 1.53. The van der Waals surface area contributed by atoms with Gasteiger partial charge in [0.15, 0.2) is 0 Å². The van der Waals surface area contributed by atoms with E-state index >= 15 is 0 Å². The van der Waals surface area contributed by atoms with Gasteiger partial charge in [-0.2, -0.15) is 0 Å². The van der Waals surface area contributed by atoms with Crippen molar-refractivity contribution in [2.75, 3.05) is 17.5 Å². The van der Waals surface area contributed by atoms with Gasteiger partial charge in [-0.1, -0.05) is 30.3 Å². The summed E-state index contributed by atoms with van der Waals surface area (Å²) in [5, 5.41) is 5.22. The van der Waals surface area contributed by atoms with E-state index in [4.69, 9.17) is 0 Å². The van der Waals surface area contributed by atoms with Crippen LogP contribution < -0.4 is 15.4 Å². The van der Waals surface area contributed by atoms with Crippen LogP contribution in [0.3, 0.4) is 0 Å². The van der Waals surface area contributed by atoms with Crippen molar-refractivity contribution in [3.63, 3.8) is 0 Å². The van der Waals surface area contributed by atoms with Gasteiger partial charge in [0.1, 0.15) is 6.04 Å². The molecule has 0 aliphatic heterocycles. The predicted molar refractivity (Wildman–Crippen MR) is 100 cm³/mol. The van der Waals surface area contributed by atoms with Crippen molar-refractivity contribution in [2.24, 2.45) is 0 Å². The largest absolute Gasteiger partial charge is 0.357 e. The lowest BCUT2D eigenvalue weighted by atomic mass is 10.1. The summed E-state index contributed by atoms with van der Waals surface area (Å²) in [6, 6.07) is 14.1. The Morgan fingerprint density at radius 3 is 2.15 bits per heavy atom. The number of hydrogen-bond acceptors (Lipinski definition) is 4. The number of hydrogen-bond donors (Lipinski definition) is 3. The maximum absolute atomic E-state index is 12.5. The Labute approximate surface area is 152 Å². The molecular weight excluding hydrogens is 354 g/mol. The molecule has 138 valence electrons. The quantitative estimate of drug-likeness (QED) is 0.685. The summed E-state index contributed by atoms with van der Waals surface area (Å²) in [7, 11) is -1.88. The zero-order valence-electron chi connectivity index (χ0n) is 14.5. The molecule has 0 aliphatic rings. The molecule has 3 N–H and O–H groups in total. The van der Waals surface area contributed by atoms with Crippen LogP contribution in [0.5, 0.6) is 0 Å². The number of carbonyl (C=O) groups excluding carboxylic acids is 2. The molecule has 0 radical (unpaired) electrons. The highest BCUT2D eigenvalue weighted by Crippen LogP contribution is 2.16. The second-order valence-corrected chi connectivity index (χ2v) is 7.53. The molecule has 8 heteroatoms. The predicted octanol–water partition coefficient (Wildman–Crippen LogP) is 1.67. The van der Waals surface area contributed by atoms with Crippen LogP contribution in [0.15, 0.2) is 54.6 Å². The molecule has 2 amide bonds. The van der Waals surface area contributed by atoms with Crippen LogP contribution in [0.1, 0.15) is 28.9 Å². The van der Waals surface area contributed by atoms with Crippen molar-refractivity contribution in [2.45, 2.75) is 13.0 Å². The number of carbonyl (C=O) groups is 2. The van der Waals surface area contributed by atoms with Crippen molar-refractivity contribution in [1.82, 2.24) is 10.6 Å². The van der Waals surface area contributed by atoms with Gasteiger partial charge < -0.3 is 10.6 Å². The molecule has 0 spiro atoms. The van der Waals surface area contributed by atoms with E-state index in [0.717, 1.165) is 0 Å². The van der Waals surface area contributed by atoms with Crippen LogP contribution in [0.4, 0.5) is 5.69 Å². The minimum Gasteiger partial charge on any atom is -0.357 e. The van der Waals surface area contributed by atoms with E-state index < -0.39 is 22.0 Å². The highest BCUT2D eigenvalue weighted by Gasteiger charge is 2.22. The van der Waals surface area contributed by atoms with Gasteiger partial charge in [0, 0.05) is 18.3 Å². The normalized spacial score (nSPS) is 12.1. The van der Waals surface area contributed by atoms with Crippen LogP contribution in [0, 0.1) is 0 Å². The van der Waals surface area contributed by atoms with Crippen molar-refractivity contribution in [3.05, 3.63) is 65.7 Å². The standard InChI is InChI=1S/C18H21N3O4S/c1-3-26(24,25)21-15-11-9-14(10-12-15)17(22)20-16(18(23)19-2)13-7-5-4-6-8-13/h4-12,16,21H,3H2,1-2H3,(H,19,23)(H,20,22)/t16-/m1/s1. The first-order valence-electron chi connectivity index (χ1n) is 8.04. The molecule has 0 fully saturated rings. The average Bonchev–Trinajstić information content (AvgIpc) is 2.66. The van der Waals surface area contributed by atoms with Gasteiger partial charge in [-0.05, 0) is 36.8 Å². The minimum atomic E-state index is -3.38. The molecule has 26 heavy (non-hydrogen) atoms. The molecule has 0 unspecified atom stereocenters. The molecule has 7 nitrogen and oxygen atoms in total. The van der Waals surface area contributed by atoms with Crippen LogP contribution in [-0.2, 0) is 14.8 Å². The molecule has 0 aliphatic carbocycles. The summed E-state index contributed by atoms with van der Waals surface area (Å²) in [6.07, 6.45) is 0. The Hall–Kier alpha value is -2.87. The fourth-order valence-corrected chi connectivity index (χ4v) is 2.89. The number of likely N-dealkylation sites (N-methyl/N-ethyl adjacent to an activating group) is 1. The maximum atomic E-state index is 12.5. The van der Waals surface area contributed by atoms with E-state index in [1.54, 1.807) is 24.3 Å². The van der Waals surface area contributed by atoms with Crippen molar-refractivity contribution in [3.8, 4) is 0 Å². The second kappa shape index (κ2) is 8.48. The molecule has 2 rings (SSSR count). The Bertz CT molecular complexity index is 865. The highest BCUT2D eigenvalue weighted by molar-refractivity contribution is 7.92. The zero-order chi connectivity index (χ0) is 19.2. The van der Waals surface area contributed by atoms with Gasteiger partial charge in [0.2, 0.25) is 15.9 Å². The zero-order valence-corrected chi connectivity index (χ0v) is 15.3. The smallest absolute Gasteiger partial charge is 0.252 e. The summed E-state index contributed by atoms with van der Waals surface area (Å²) in [4.78, 5) is 24.6. The first kappa shape index (κ1) is 19.5. The lowest BCUT2D eigenvalue weighted by molar-refractivity contribution is -0.122. The Morgan fingerprint density at radius 2 is 1.62 bits per heavy atom. The summed E-state index contributed by atoms with van der Waals surface area (Å²) < 4.78 is 25.5. The number of benzene rings is 2. The summed E-state index contributed by atoms with van der Waals surface area (Å²) >= 11 is 0. The number of rotatable bonds is 7. The second-order valence-electron chi connectivity index (χ2n) is 5.51. The minimum absolute atomic E-state index is 0.0415. The van der Waals surface area contributed by atoms with Crippen molar-refractivity contribution in [1.29, 1.82) is 0 Å². The summed E-state index contributed by atoms with van der Waals surface area (Å²) in [5.74, 6) is -0.815. The summed E-state index contributed by atoms with van der Waals surface area (Å²) in [5.41, 5.74) is 1.34. The fraction of sp³-hybridized carbons (Fsp3) is 0.222. The van der Waals surface area contributed by atoms with Gasteiger partial charge in [0.05, 0.1) is 5.75 Å². The maximum Gasteiger partial charge on any atom is 0.252 e. The molecule has 0 saturated heterocycles. The van der Waals surface area contributed by atoms with Gasteiger partial charge in [0.25, 0.3) is 5.91 Å². The fourth-order valence-electron chi connectivity index (χ4n) is 2.25. The molecule has 0 saturated carbocycles. The van der Waals surface area contributed by atoms with E-state index in [0.29, 0.717) is 16.8 Å². The number of nitrogens with one attached hydrogen (secondary N) is 3. The third-order valence-corrected chi connectivity index (χ3v) is 5.02. The number of anilines is 1. The van der Waals surface area contributed by atoms with Gasteiger partial charge in [-0.25, -0.2) is 8.42 Å². The highest BCUT2D eigenvalue weighted by atomic mass is 32.2. The molecule has 0 bridgehead atoms. The molecule has 2 aromatic rings. The van der Waals surface area contributed by atoms with Crippen molar-refractivity contribution >= 4 is 27.5 Å².